The van der Waals surface area contributed by atoms with Crippen LogP contribution in [0.3, 0.4) is 0 Å². The van der Waals surface area contributed by atoms with Crippen molar-refractivity contribution in [1.82, 2.24) is 5.32 Å². The number of nitrogens with one attached hydrogen (secondary N) is 1. The first-order chi connectivity index (χ1) is 8.83. The highest BCUT2D eigenvalue weighted by Gasteiger charge is 2.27. The first-order valence-electron chi connectivity index (χ1n) is 5.97. The van der Waals surface area contributed by atoms with Gasteiger partial charge in [-0.3, -0.25) is 0 Å². The van der Waals surface area contributed by atoms with Gasteiger partial charge in [0.25, 0.3) is 0 Å². The molecule has 0 spiro atoms. The van der Waals surface area contributed by atoms with Crippen molar-refractivity contribution in [3.63, 3.8) is 0 Å². The molecule has 0 fully saturated rings. The number of thiophene rings is 1. The number of halogens is 4. The highest BCUT2D eigenvalue weighted by atomic mass is 35.5. The van der Waals surface area contributed by atoms with Gasteiger partial charge >= 0.3 is 6.18 Å². The second-order valence-corrected chi connectivity index (χ2v) is 5.86. The van der Waals surface area contributed by atoms with E-state index >= 15 is 0 Å². The van der Waals surface area contributed by atoms with E-state index in [9.17, 15) is 13.2 Å². The number of hydrogen-bond donors (Lipinski definition) is 1. The van der Waals surface area contributed by atoms with Crippen LogP contribution in [0.5, 0.6) is 0 Å². The molecular formula is C12H17ClF3NOS. The van der Waals surface area contributed by atoms with Crippen LogP contribution in [-0.4, -0.2) is 25.9 Å². The van der Waals surface area contributed by atoms with Gasteiger partial charge in [-0.2, -0.15) is 13.2 Å². The monoisotopic (exact) mass is 315 g/mol. The molecule has 0 aliphatic rings. The number of ether oxygens (including phenoxy) is 1. The van der Waals surface area contributed by atoms with Gasteiger partial charge in [-0.05, 0) is 31.5 Å². The summed E-state index contributed by atoms with van der Waals surface area (Å²) in [5.41, 5.74) is 0.987. The molecule has 1 atom stereocenters. The standard InChI is InChI=1S/C12H17ClF3NOS/c1-3-17-9(4-5-18-7-12(14,15)16)10-6-8(2)11(13)19-10/h6,9,17H,3-5,7H2,1-2H3. The third-order valence-corrected chi connectivity index (χ3v) is 4.16. The van der Waals surface area contributed by atoms with E-state index < -0.39 is 12.8 Å². The van der Waals surface area contributed by atoms with Crippen molar-refractivity contribution in [2.45, 2.75) is 32.5 Å². The lowest BCUT2D eigenvalue weighted by atomic mass is 10.1. The van der Waals surface area contributed by atoms with Gasteiger partial charge < -0.3 is 10.1 Å². The highest BCUT2D eigenvalue weighted by molar-refractivity contribution is 7.16. The fraction of sp³-hybridized carbons (Fsp3) is 0.667. The largest absolute Gasteiger partial charge is 0.411 e. The van der Waals surface area contributed by atoms with Gasteiger partial charge in [0.1, 0.15) is 6.61 Å². The summed E-state index contributed by atoms with van der Waals surface area (Å²) in [6.45, 7) is 3.46. The molecule has 1 aromatic heterocycles. The molecule has 1 N–H and O–H groups in total. The van der Waals surface area contributed by atoms with Crippen LogP contribution in [0.2, 0.25) is 4.34 Å². The van der Waals surface area contributed by atoms with E-state index in [4.69, 9.17) is 11.6 Å². The van der Waals surface area contributed by atoms with Gasteiger partial charge in [0.2, 0.25) is 0 Å². The molecule has 0 amide bonds. The van der Waals surface area contributed by atoms with E-state index in [1.807, 2.05) is 19.9 Å². The Bertz CT molecular complexity index is 375. The molecule has 0 bridgehead atoms. The molecule has 0 aromatic carbocycles. The van der Waals surface area contributed by atoms with Crippen molar-refractivity contribution in [2.24, 2.45) is 0 Å². The predicted molar refractivity (Wildman–Crippen MR) is 72.0 cm³/mol. The summed E-state index contributed by atoms with van der Waals surface area (Å²) in [7, 11) is 0. The molecule has 7 heteroatoms. The topological polar surface area (TPSA) is 21.3 Å². The number of hydrogen-bond acceptors (Lipinski definition) is 3. The van der Waals surface area contributed by atoms with E-state index in [2.05, 4.69) is 10.1 Å². The number of rotatable bonds is 7. The lowest BCUT2D eigenvalue weighted by Gasteiger charge is -2.16. The zero-order valence-corrected chi connectivity index (χ0v) is 12.4. The SMILES string of the molecule is CCNC(CCOCC(F)(F)F)c1cc(C)c(Cl)s1. The zero-order valence-electron chi connectivity index (χ0n) is 10.8. The van der Waals surface area contributed by atoms with E-state index in [1.165, 1.54) is 11.3 Å². The van der Waals surface area contributed by atoms with Gasteiger partial charge in [-0.15, -0.1) is 11.3 Å². The van der Waals surface area contributed by atoms with Crippen LogP contribution in [0.25, 0.3) is 0 Å². The average Bonchev–Trinajstić information content (AvgIpc) is 2.62. The zero-order chi connectivity index (χ0) is 14.5. The summed E-state index contributed by atoms with van der Waals surface area (Å²) in [5.74, 6) is 0. The highest BCUT2D eigenvalue weighted by Crippen LogP contribution is 2.32. The fourth-order valence-electron chi connectivity index (χ4n) is 1.64. The second kappa shape index (κ2) is 7.47. The van der Waals surface area contributed by atoms with Crippen molar-refractivity contribution in [3.8, 4) is 0 Å². The molecule has 1 heterocycles. The lowest BCUT2D eigenvalue weighted by Crippen LogP contribution is -2.23. The minimum absolute atomic E-state index is 0.0190. The van der Waals surface area contributed by atoms with Crippen molar-refractivity contribution in [2.75, 3.05) is 19.8 Å². The van der Waals surface area contributed by atoms with Crippen LogP contribution in [0.1, 0.15) is 29.8 Å². The first kappa shape index (κ1) is 16.8. The molecule has 1 unspecified atom stereocenters. The van der Waals surface area contributed by atoms with Gasteiger partial charge in [-0.1, -0.05) is 18.5 Å². The molecule has 110 valence electrons. The fourth-order valence-corrected chi connectivity index (χ4v) is 2.96. The maximum Gasteiger partial charge on any atom is 0.411 e. The summed E-state index contributed by atoms with van der Waals surface area (Å²) in [6.07, 6.45) is -3.78. The van der Waals surface area contributed by atoms with E-state index in [-0.39, 0.29) is 12.6 Å². The molecular weight excluding hydrogens is 299 g/mol. The van der Waals surface area contributed by atoms with Crippen molar-refractivity contribution in [3.05, 3.63) is 20.8 Å². The van der Waals surface area contributed by atoms with Gasteiger partial charge in [-0.25, -0.2) is 0 Å². The second-order valence-electron chi connectivity index (χ2n) is 4.17. The molecule has 1 aromatic rings. The van der Waals surface area contributed by atoms with E-state index in [0.717, 1.165) is 17.0 Å². The lowest BCUT2D eigenvalue weighted by molar-refractivity contribution is -0.174. The molecule has 0 aliphatic heterocycles. The first-order valence-corrected chi connectivity index (χ1v) is 7.16. The summed E-state index contributed by atoms with van der Waals surface area (Å²) in [6, 6.07) is 1.94. The molecule has 0 saturated carbocycles. The Labute approximate surface area is 119 Å². The summed E-state index contributed by atoms with van der Waals surface area (Å²) >= 11 is 7.46. The van der Waals surface area contributed by atoms with Crippen molar-refractivity contribution in [1.29, 1.82) is 0 Å². The molecule has 0 radical (unpaired) electrons. The molecule has 1 rings (SSSR count). The number of aryl methyl sites for hydroxylation is 1. The third-order valence-electron chi connectivity index (χ3n) is 2.49. The van der Waals surface area contributed by atoms with Gasteiger partial charge in [0, 0.05) is 17.5 Å². The Morgan fingerprint density at radius 1 is 1.47 bits per heavy atom. The Morgan fingerprint density at radius 2 is 2.16 bits per heavy atom. The Morgan fingerprint density at radius 3 is 2.63 bits per heavy atom. The van der Waals surface area contributed by atoms with Crippen LogP contribution in [0.4, 0.5) is 13.2 Å². The van der Waals surface area contributed by atoms with Crippen LogP contribution in [0, 0.1) is 6.92 Å². The predicted octanol–water partition coefficient (Wildman–Crippen LogP) is 4.33. The van der Waals surface area contributed by atoms with Crippen LogP contribution < -0.4 is 5.32 Å². The van der Waals surface area contributed by atoms with Crippen molar-refractivity contribution >= 4 is 22.9 Å². The normalized spacial score (nSPS) is 13.8. The van der Waals surface area contributed by atoms with E-state index in [0.29, 0.717) is 10.8 Å². The maximum atomic E-state index is 12.0. The average molecular weight is 316 g/mol. The van der Waals surface area contributed by atoms with Gasteiger partial charge in [0.05, 0.1) is 4.34 Å². The Hall–Kier alpha value is -0.300. The smallest absolute Gasteiger partial charge is 0.372 e. The van der Waals surface area contributed by atoms with Crippen LogP contribution in [0.15, 0.2) is 6.07 Å². The Kier molecular flexibility index (Phi) is 6.59. The van der Waals surface area contributed by atoms with Crippen molar-refractivity contribution < 1.29 is 17.9 Å². The molecule has 19 heavy (non-hydrogen) atoms. The quantitative estimate of drug-likeness (QED) is 0.756. The number of alkyl halides is 3. The minimum Gasteiger partial charge on any atom is -0.372 e. The summed E-state index contributed by atoms with van der Waals surface area (Å²) in [5, 5.41) is 3.23. The third kappa shape index (κ3) is 6.12. The maximum absolute atomic E-state index is 12.0. The summed E-state index contributed by atoms with van der Waals surface area (Å²) < 4.78 is 41.2. The molecule has 0 aliphatic carbocycles. The molecule has 0 saturated heterocycles. The minimum atomic E-state index is -4.27. The van der Waals surface area contributed by atoms with Crippen LogP contribution >= 0.6 is 22.9 Å². The van der Waals surface area contributed by atoms with E-state index in [1.54, 1.807) is 0 Å². The molecule has 2 nitrogen and oxygen atoms in total. The van der Waals surface area contributed by atoms with Crippen LogP contribution in [-0.2, 0) is 4.74 Å². The van der Waals surface area contributed by atoms with Gasteiger partial charge in [0.15, 0.2) is 0 Å². The summed E-state index contributed by atoms with van der Waals surface area (Å²) in [4.78, 5) is 1.03. The Balaban J connectivity index is 2.49.